The highest BCUT2D eigenvalue weighted by Crippen LogP contribution is 2.32. The molecule has 0 bridgehead atoms. The fourth-order valence-corrected chi connectivity index (χ4v) is 4.90. The van der Waals surface area contributed by atoms with Crippen LogP contribution in [0.25, 0.3) is 0 Å². The molecule has 3 aliphatic rings. The van der Waals surface area contributed by atoms with Crippen molar-refractivity contribution in [3.05, 3.63) is 0 Å². The molecular weight excluding hydrogens is 244 g/mol. The zero-order valence-corrected chi connectivity index (χ0v) is 13.4. The van der Waals surface area contributed by atoms with E-state index in [0.29, 0.717) is 0 Å². The van der Waals surface area contributed by atoms with Crippen LogP contribution in [0.5, 0.6) is 0 Å². The van der Waals surface area contributed by atoms with Crippen LogP contribution >= 0.6 is 0 Å². The molecule has 3 fully saturated rings. The standard InChI is InChI=1S/C18H34N2/c1-15-8-9-16(12-15)13-20-11-5-10-19-18(14-20)17-6-3-2-4-7-17/h15-19H,2-14H2,1H3. The van der Waals surface area contributed by atoms with Crippen LogP contribution in [-0.2, 0) is 0 Å². The monoisotopic (exact) mass is 278 g/mol. The molecule has 0 aromatic heterocycles. The summed E-state index contributed by atoms with van der Waals surface area (Å²) < 4.78 is 0. The van der Waals surface area contributed by atoms with Crippen LogP contribution in [-0.4, -0.2) is 37.1 Å². The largest absolute Gasteiger partial charge is 0.312 e. The van der Waals surface area contributed by atoms with Crippen molar-refractivity contribution in [2.24, 2.45) is 17.8 Å². The maximum absolute atomic E-state index is 3.87. The molecule has 0 aromatic rings. The second kappa shape index (κ2) is 7.26. The van der Waals surface area contributed by atoms with E-state index in [4.69, 9.17) is 0 Å². The van der Waals surface area contributed by atoms with E-state index in [2.05, 4.69) is 17.1 Å². The molecule has 2 saturated carbocycles. The zero-order valence-electron chi connectivity index (χ0n) is 13.4. The van der Waals surface area contributed by atoms with Gasteiger partial charge in [-0.05, 0) is 62.9 Å². The average molecular weight is 278 g/mol. The lowest BCUT2D eigenvalue weighted by atomic mass is 9.83. The summed E-state index contributed by atoms with van der Waals surface area (Å²) in [4.78, 5) is 2.81. The van der Waals surface area contributed by atoms with Gasteiger partial charge in [0.05, 0.1) is 0 Å². The molecule has 0 spiro atoms. The van der Waals surface area contributed by atoms with Gasteiger partial charge in [-0.15, -0.1) is 0 Å². The predicted octanol–water partition coefficient (Wildman–Crippen LogP) is 3.67. The van der Waals surface area contributed by atoms with E-state index in [1.54, 1.807) is 0 Å². The summed E-state index contributed by atoms with van der Waals surface area (Å²) in [6, 6.07) is 0.789. The van der Waals surface area contributed by atoms with Crippen LogP contribution in [0.3, 0.4) is 0 Å². The van der Waals surface area contributed by atoms with Gasteiger partial charge in [0.15, 0.2) is 0 Å². The minimum absolute atomic E-state index is 0.789. The van der Waals surface area contributed by atoms with Gasteiger partial charge >= 0.3 is 0 Å². The van der Waals surface area contributed by atoms with Crippen molar-refractivity contribution in [2.45, 2.75) is 70.8 Å². The first-order valence-electron chi connectivity index (χ1n) is 9.27. The predicted molar refractivity (Wildman–Crippen MR) is 85.9 cm³/mol. The topological polar surface area (TPSA) is 15.3 Å². The normalized spacial score (nSPS) is 38.0. The second-order valence-corrected chi connectivity index (χ2v) is 7.86. The Kier molecular flexibility index (Phi) is 5.39. The molecule has 3 rings (SSSR count). The molecule has 0 aromatic carbocycles. The molecule has 20 heavy (non-hydrogen) atoms. The van der Waals surface area contributed by atoms with Gasteiger partial charge in [-0.1, -0.05) is 32.6 Å². The van der Waals surface area contributed by atoms with Crippen molar-refractivity contribution < 1.29 is 0 Å². The summed E-state index contributed by atoms with van der Waals surface area (Å²) in [5.74, 6) is 2.95. The zero-order chi connectivity index (χ0) is 13.8. The number of hydrogen-bond acceptors (Lipinski definition) is 2. The fraction of sp³-hybridized carbons (Fsp3) is 1.00. The van der Waals surface area contributed by atoms with E-state index >= 15 is 0 Å². The van der Waals surface area contributed by atoms with E-state index < -0.39 is 0 Å². The second-order valence-electron chi connectivity index (χ2n) is 7.86. The van der Waals surface area contributed by atoms with Crippen molar-refractivity contribution >= 4 is 0 Å². The Labute approximate surface area is 125 Å². The van der Waals surface area contributed by atoms with Crippen LogP contribution in [0.15, 0.2) is 0 Å². The average Bonchev–Trinajstić information content (AvgIpc) is 2.74. The lowest BCUT2D eigenvalue weighted by Gasteiger charge is -2.33. The van der Waals surface area contributed by atoms with Crippen LogP contribution in [0.2, 0.25) is 0 Å². The summed E-state index contributed by atoms with van der Waals surface area (Å²) >= 11 is 0. The van der Waals surface area contributed by atoms with Crippen molar-refractivity contribution in [3.8, 4) is 0 Å². The Balaban J connectivity index is 1.51. The summed E-state index contributed by atoms with van der Waals surface area (Å²) in [6.45, 7) is 7.74. The summed E-state index contributed by atoms with van der Waals surface area (Å²) in [6.07, 6.45) is 13.2. The molecule has 116 valence electrons. The lowest BCUT2D eigenvalue weighted by molar-refractivity contribution is 0.185. The van der Waals surface area contributed by atoms with Crippen molar-refractivity contribution in [1.82, 2.24) is 10.2 Å². The van der Waals surface area contributed by atoms with E-state index in [0.717, 1.165) is 23.8 Å². The number of nitrogens with one attached hydrogen (secondary N) is 1. The van der Waals surface area contributed by atoms with E-state index in [1.165, 1.54) is 84.0 Å². The highest BCUT2D eigenvalue weighted by Gasteiger charge is 2.29. The Bertz CT molecular complexity index is 285. The van der Waals surface area contributed by atoms with Gasteiger partial charge in [0.25, 0.3) is 0 Å². The molecule has 3 unspecified atom stereocenters. The molecular formula is C18H34N2. The first kappa shape index (κ1) is 14.8. The minimum Gasteiger partial charge on any atom is -0.312 e. The molecule has 0 radical (unpaired) electrons. The maximum atomic E-state index is 3.87. The Morgan fingerprint density at radius 1 is 1.00 bits per heavy atom. The molecule has 1 heterocycles. The minimum atomic E-state index is 0.789. The Hall–Kier alpha value is -0.0800. The number of rotatable bonds is 3. The van der Waals surface area contributed by atoms with Crippen LogP contribution in [0, 0.1) is 17.8 Å². The third kappa shape index (κ3) is 3.98. The smallest absolute Gasteiger partial charge is 0.0223 e. The van der Waals surface area contributed by atoms with Crippen LogP contribution in [0.4, 0.5) is 0 Å². The van der Waals surface area contributed by atoms with Crippen LogP contribution < -0.4 is 5.32 Å². The third-order valence-electron chi connectivity index (χ3n) is 6.05. The molecule has 3 atom stereocenters. The van der Waals surface area contributed by atoms with Crippen molar-refractivity contribution in [1.29, 1.82) is 0 Å². The van der Waals surface area contributed by atoms with E-state index in [9.17, 15) is 0 Å². The molecule has 1 aliphatic heterocycles. The number of hydrogen-bond donors (Lipinski definition) is 1. The molecule has 1 N–H and O–H groups in total. The molecule has 2 heteroatoms. The van der Waals surface area contributed by atoms with Gasteiger partial charge in [-0.3, -0.25) is 0 Å². The maximum Gasteiger partial charge on any atom is 0.0223 e. The lowest BCUT2D eigenvalue weighted by Crippen LogP contribution is -2.44. The van der Waals surface area contributed by atoms with Gasteiger partial charge in [0.1, 0.15) is 0 Å². The van der Waals surface area contributed by atoms with Gasteiger partial charge in [-0.2, -0.15) is 0 Å². The van der Waals surface area contributed by atoms with Crippen molar-refractivity contribution in [2.75, 3.05) is 26.2 Å². The molecule has 2 nitrogen and oxygen atoms in total. The van der Waals surface area contributed by atoms with Crippen molar-refractivity contribution in [3.63, 3.8) is 0 Å². The molecule has 0 amide bonds. The highest BCUT2D eigenvalue weighted by atomic mass is 15.2. The Morgan fingerprint density at radius 2 is 1.85 bits per heavy atom. The summed E-state index contributed by atoms with van der Waals surface area (Å²) in [5.41, 5.74) is 0. The third-order valence-corrected chi connectivity index (χ3v) is 6.05. The summed E-state index contributed by atoms with van der Waals surface area (Å²) in [7, 11) is 0. The SMILES string of the molecule is CC1CCC(CN2CCCNC(C3CCCCC3)C2)C1. The highest BCUT2D eigenvalue weighted by molar-refractivity contribution is 4.86. The Morgan fingerprint density at radius 3 is 2.60 bits per heavy atom. The summed E-state index contributed by atoms with van der Waals surface area (Å²) in [5, 5.41) is 3.87. The van der Waals surface area contributed by atoms with Gasteiger partial charge in [0.2, 0.25) is 0 Å². The molecule has 2 aliphatic carbocycles. The van der Waals surface area contributed by atoms with Crippen LogP contribution in [0.1, 0.15) is 64.7 Å². The quantitative estimate of drug-likeness (QED) is 0.847. The first-order valence-corrected chi connectivity index (χ1v) is 9.27. The van der Waals surface area contributed by atoms with Gasteiger partial charge in [0, 0.05) is 19.1 Å². The first-order chi connectivity index (χ1) is 9.81. The van der Waals surface area contributed by atoms with E-state index in [1.807, 2.05) is 0 Å². The fourth-order valence-electron chi connectivity index (χ4n) is 4.90. The van der Waals surface area contributed by atoms with Gasteiger partial charge < -0.3 is 10.2 Å². The van der Waals surface area contributed by atoms with Gasteiger partial charge in [-0.25, -0.2) is 0 Å². The molecule has 1 saturated heterocycles. The van der Waals surface area contributed by atoms with E-state index in [-0.39, 0.29) is 0 Å². The number of nitrogens with zero attached hydrogens (tertiary/aromatic N) is 1.